The Morgan fingerprint density at radius 2 is 1.74 bits per heavy atom. The third-order valence-corrected chi connectivity index (χ3v) is 5.01. The number of anilines is 2. The molecule has 2 aromatic carbocycles. The molecule has 31 heavy (non-hydrogen) atoms. The molecule has 1 saturated carbocycles. The smallest absolute Gasteiger partial charge is 0.418 e. The Kier molecular flexibility index (Phi) is 5.26. The predicted molar refractivity (Wildman–Crippen MR) is 104 cm³/mol. The third kappa shape index (κ3) is 4.60. The van der Waals surface area contributed by atoms with Crippen molar-refractivity contribution in [2.45, 2.75) is 18.5 Å². The van der Waals surface area contributed by atoms with E-state index in [9.17, 15) is 27.2 Å². The molecule has 2 atom stereocenters. The summed E-state index contributed by atoms with van der Waals surface area (Å²) in [6.07, 6.45) is -3.02. The van der Waals surface area contributed by atoms with Gasteiger partial charge in [0.15, 0.2) is 5.76 Å². The summed E-state index contributed by atoms with van der Waals surface area (Å²) < 4.78 is 58.7. The number of hydrogen-bond acceptors (Lipinski definition) is 3. The number of nitrogens with one attached hydrogen (secondary N) is 2. The fourth-order valence-corrected chi connectivity index (χ4v) is 3.35. The zero-order chi connectivity index (χ0) is 22.2. The Bertz CT molecular complexity index is 1110. The van der Waals surface area contributed by atoms with Gasteiger partial charge in [-0.3, -0.25) is 9.59 Å². The maximum Gasteiger partial charge on any atom is 0.418 e. The average Bonchev–Trinajstić information content (AvgIpc) is 3.32. The molecule has 3 aromatic rings. The van der Waals surface area contributed by atoms with Crippen molar-refractivity contribution in [1.82, 2.24) is 0 Å². The Hall–Kier alpha value is -3.62. The largest absolute Gasteiger partial charge is 0.459 e. The molecule has 160 valence electrons. The van der Waals surface area contributed by atoms with Crippen LogP contribution < -0.4 is 10.6 Å². The van der Waals surface area contributed by atoms with E-state index in [1.165, 1.54) is 36.6 Å². The van der Waals surface area contributed by atoms with E-state index >= 15 is 0 Å². The zero-order valence-electron chi connectivity index (χ0n) is 15.9. The van der Waals surface area contributed by atoms with E-state index < -0.39 is 41.0 Å². The lowest BCUT2D eigenvalue weighted by Crippen LogP contribution is -2.19. The van der Waals surface area contributed by atoms with Crippen LogP contribution >= 0.6 is 0 Å². The van der Waals surface area contributed by atoms with E-state index in [2.05, 4.69) is 10.6 Å². The Labute approximate surface area is 174 Å². The van der Waals surface area contributed by atoms with E-state index in [0.29, 0.717) is 6.42 Å². The summed E-state index contributed by atoms with van der Waals surface area (Å²) in [7, 11) is 0. The molecule has 9 heteroatoms. The lowest BCUT2D eigenvalue weighted by molar-refractivity contribution is -0.136. The van der Waals surface area contributed by atoms with Crippen molar-refractivity contribution in [2.24, 2.45) is 5.92 Å². The number of carbonyl (C=O) groups excluding carboxylic acids is 2. The second kappa shape index (κ2) is 7.90. The summed E-state index contributed by atoms with van der Waals surface area (Å²) in [5.41, 5.74) is -0.828. The molecule has 1 fully saturated rings. The zero-order valence-corrected chi connectivity index (χ0v) is 15.9. The molecule has 0 bridgehead atoms. The lowest BCUT2D eigenvalue weighted by Gasteiger charge is -2.16. The second-order valence-electron chi connectivity index (χ2n) is 7.18. The minimum absolute atomic E-state index is 0.0495. The van der Waals surface area contributed by atoms with Crippen LogP contribution in [-0.4, -0.2) is 11.8 Å². The van der Waals surface area contributed by atoms with Gasteiger partial charge in [0.05, 0.1) is 17.5 Å². The highest BCUT2D eigenvalue weighted by Crippen LogP contribution is 2.48. The number of furan rings is 1. The van der Waals surface area contributed by atoms with Gasteiger partial charge < -0.3 is 15.1 Å². The summed E-state index contributed by atoms with van der Waals surface area (Å²) in [5.74, 6) is -2.36. The van der Waals surface area contributed by atoms with E-state index in [4.69, 9.17) is 4.42 Å². The topological polar surface area (TPSA) is 71.3 Å². The van der Waals surface area contributed by atoms with Crippen LogP contribution in [0, 0.1) is 11.7 Å². The Balaban J connectivity index is 1.49. The first-order valence-electron chi connectivity index (χ1n) is 9.35. The van der Waals surface area contributed by atoms with Crippen LogP contribution in [-0.2, 0) is 11.0 Å². The first-order chi connectivity index (χ1) is 14.7. The lowest BCUT2D eigenvalue weighted by atomic mass is 10.1. The summed E-state index contributed by atoms with van der Waals surface area (Å²) in [6, 6.07) is 11.6. The highest BCUT2D eigenvalue weighted by molar-refractivity contribution is 6.02. The molecule has 1 aliphatic carbocycles. The standard InChI is InChI=1S/C22H16F4N2O3/c23-13-5-3-12(4-6-13)15-11-16(15)20(29)28-18-8-7-14(10-17(18)22(24,25)26)27-21(30)19-2-1-9-31-19/h1-10,15-16H,11H2,(H,27,30)(H,28,29). The number of amides is 2. The number of alkyl halides is 3. The normalized spacial score (nSPS) is 17.8. The molecule has 0 radical (unpaired) electrons. The highest BCUT2D eigenvalue weighted by Gasteiger charge is 2.44. The number of benzene rings is 2. The summed E-state index contributed by atoms with van der Waals surface area (Å²) in [5, 5.41) is 4.66. The van der Waals surface area contributed by atoms with Crippen molar-refractivity contribution in [3.63, 3.8) is 0 Å². The first kappa shape index (κ1) is 20.6. The van der Waals surface area contributed by atoms with Gasteiger partial charge in [0.25, 0.3) is 5.91 Å². The Morgan fingerprint density at radius 3 is 2.39 bits per heavy atom. The van der Waals surface area contributed by atoms with Gasteiger partial charge in [-0.1, -0.05) is 12.1 Å². The van der Waals surface area contributed by atoms with Crippen LogP contribution in [0.15, 0.2) is 65.3 Å². The maximum atomic E-state index is 13.6. The molecule has 5 nitrogen and oxygen atoms in total. The predicted octanol–water partition coefficient (Wildman–Crippen LogP) is 5.43. The van der Waals surface area contributed by atoms with Crippen molar-refractivity contribution in [3.05, 3.63) is 83.6 Å². The monoisotopic (exact) mass is 432 g/mol. The summed E-state index contributed by atoms with van der Waals surface area (Å²) >= 11 is 0. The molecule has 4 rings (SSSR count). The summed E-state index contributed by atoms with van der Waals surface area (Å²) in [4.78, 5) is 24.5. The quantitative estimate of drug-likeness (QED) is 0.528. The van der Waals surface area contributed by atoms with Crippen LogP contribution in [0.3, 0.4) is 0 Å². The average molecular weight is 432 g/mol. The van der Waals surface area contributed by atoms with Crippen molar-refractivity contribution >= 4 is 23.2 Å². The number of hydrogen-bond donors (Lipinski definition) is 2. The maximum absolute atomic E-state index is 13.6. The molecule has 2 unspecified atom stereocenters. The van der Waals surface area contributed by atoms with Crippen molar-refractivity contribution in [2.75, 3.05) is 10.6 Å². The van der Waals surface area contributed by atoms with Gasteiger partial charge in [-0.25, -0.2) is 4.39 Å². The van der Waals surface area contributed by atoms with Crippen molar-refractivity contribution in [1.29, 1.82) is 0 Å². The van der Waals surface area contributed by atoms with E-state index in [1.54, 1.807) is 12.1 Å². The number of carbonyl (C=O) groups is 2. The van der Waals surface area contributed by atoms with Gasteiger partial charge in [-0.2, -0.15) is 13.2 Å². The minimum Gasteiger partial charge on any atom is -0.459 e. The third-order valence-electron chi connectivity index (χ3n) is 5.01. The molecular formula is C22H16F4N2O3. The van der Waals surface area contributed by atoms with Crippen molar-refractivity contribution < 1.29 is 31.6 Å². The molecular weight excluding hydrogens is 416 g/mol. The van der Waals surface area contributed by atoms with Crippen LogP contribution in [0.25, 0.3) is 0 Å². The SMILES string of the molecule is O=C(Nc1ccc(NC(=O)C2CC2c2ccc(F)cc2)c(C(F)(F)F)c1)c1ccco1. The first-order valence-corrected chi connectivity index (χ1v) is 9.35. The molecule has 1 aromatic heterocycles. The van der Waals surface area contributed by atoms with Gasteiger partial charge in [0.1, 0.15) is 5.82 Å². The fraction of sp³-hybridized carbons (Fsp3) is 0.182. The van der Waals surface area contributed by atoms with Gasteiger partial charge >= 0.3 is 6.18 Å². The van der Waals surface area contributed by atoms with E-state index in [0.717, 1.165) is 17.7 Å². The number of rotatable bonds is 5. The van der Waals surface area contributed by atoms with Gasteiger partial charge in [0, 0.05) is 11.6 Å². The molecule has 1 heterocycles. The Morgan fingerprint density at radius 1 is 1.00 bits per heavy atom. The highest BCUT2D eigenvalue weighted by atomic mass is 19.4. The van der Waals surface area contributed by atoms with Gasteiger partial charge in [-0.05, 0) is 60.4 Å². The van der Waals surface area contributed by atoms with E-state index in [1.807, 2.05) is 0 Å². The summed E-state index contributed by atoms with van der Waals surface area (Å²) in [6.45, 7) is 0. The molecule has 0 spiro atoms. The minimum atomic E-state index is -4.76. The second-order valence-corrected chi connectivity index (χ2v) is 7.18. The molecule has 0 aliphatic heterocycles. The van der Waals surface area contributed by atoms with Gasteiger partial charge in [-0.15, -0.1) is 0 Å². The molecule has 1 aliphatic rings. The fourth-order valence-electron chi connectivity index (χ4n) is 3.35. The van der Waals surface area contributed by atoms with Gasteiger partial charge in [0.2, 0.25) is 5.91 Å². The van der Waals surface area contributed by atoms with Crippen molar-refractivity contribution in [3.8, 4) is 0 Å². The number of halogens is 4. The van der Waals surface area contributed by atoms with Crippen LogP contribution in [0.5, 0.6) is 0 Å². The van der Waals surface area contributed by atoms with E-state index in [-0.39, 0.29) is 17.4 Å². The molecule has 0 saturated heterocycles. The van der Waals surface area contributed by atoms with Crippen LogP contribution in [0.4, 0.5) is 28.9 Å². The molecule has 2 N–H and O–H groups in total. The molecule has 2 amide bonds. The van der Waals surface area contributed by atoms with Crippen LogP contribution in [0.2, 0.25) is 0 Å². The van der Waals surface area contributed by atoms with Crippen LogP contribution in [0.1, 0.15) is 34.0 Å².